The Morgan fingerprint density at radius 2 is 2.67 bits per heavy atom. The molecule has 1 N–H and O–H groups in total. The van der Waals surface area contributed by atoms with Gasteiger partial charge in [0.25, 0.3) is 0 Å². The molecule has 0 saturated heterocycles. The molecule has 0 atom stereocenters. The Kier molecular flexibility index (Phi) is 1.53. The first-order valence-corrected chi connectivity index (χ1v) is 4.38. The molecular weight excluding hydrogens is 213 g/mol. The number of hydrogen-bond donors (Lipinski definition) is 1. The zero-order valence-corrected chi connectivity index (χ0v) is 6.03. The van der Waals surface area contributed by atoms with Crippen molar-refractivity contribution in [2.75, 3.05) is 0 Å². The van der Waals surface area contributed by atoms with Crippen molar-refractivity contribution < 1.29 is 0 Å². The van der Waals surface area contributed by atoms with Crippen LogP contribution in [-0.4, -0.2) is 24.6 Å². The van der Waals surface area contributed by atoms with Crippen LogP contribution in [0.15, 0.2) is 9.28 Å². The maximum atomic E-state index is 5.54. The normalized spacial score (nSPS) is 17.2. The van der Waals surface area contributed by atoms with Gasteiger partial charge in [-0.3, -0.25) is 0 Å². The van der Waals surface area contributed by atoms with Gasteiger partial charge in [-0.1, -0.05) is 0 Å². The van der Waals surface area contributed by atoms with E-state index in [9.17, 15) is 0 Å². The van der Waals surface area contributed by atoms with Gasteiger partial charge in [-0.15, -0.1) is 0 Å². The monoisotopic (exact) mass is 218 g/mol. The van der Waals surface area contributed by atoms with E-state index in [4.69, 9.17) is 11.6 Å². The van der Waals surface area contributed by atoms with Crippen molar-refractivity contribution >= 4 is 36.2 Å². The molecule has 1 radical (unpaired) electrons. The van der Waals surface area contributed by atoms with Crippen LogP contribution in [0.5, 0.6) is 0 Å². The van der Waals surface area contributed by atoms with Gasteiger partial charge >= 0.3 is 50.8 Å². The summed E-state index contributed by atoms with van der Waals surface area (Å²) in [5.41, 5.74) is 0. The molecule has 1 heterocycles. The average Bonchev–Trinajstić information content (AvgIpc) is 1.86. The van der Waals surface area contributed by atoms with Crippen LogP contribution in [0.25, 0.3) is 0 Å². The van der Waals surface area contributed by atoms with E-state index in [1.54, 1.807) is 0 Å². The third kappa shape index (κ3) is 0.975. The average molecular weight is 216 g/mol. The Hall–Kier alpha value is 0.490. The molecule has 33 valence electrons. The standard InChI is InChI=1S/C3H3ClNTe/c4-3-1-5-2-6-3/h1-2,5H. The Morgan fingerprint density at radius 1 is 1.83 bits per heavy atom. The van der Waals surface area contributed by atoms with E-state index >= 15 is 0 Å². The van der Waals surface area contributed by atoms with Crippen molar-refractivity contribution in [3.05, 3.63) is 9.28 Å². The summed E-state index contributed by atoms with van der Waals surface area (Å²) in [7, 11) is 0. The van der Waals surface area contributed by atoms with Gasteiger partial charge in [0.15, 0.2) is 0 Å². The first-order valence-electron chi connectivity index (χ1n) is 1.49. The molecule has 0 saturated carbocycles. The van der Waals surface area contributed by atoms with Crippen LogP contribution in [0.2, 0.25) is 0 Å². The van der Waals surface area contributed by atoms with Gasteiger partial charge in [0.05, 0.1) is 0 Å². The number of nitrogens with one attached hydrogen (secondary N) is 1. The minimum absolute atomic E-state index is 0.0768. The first-order chi connectivity index (χ1) is 2.89. The second-order valence-electron chi connectivity index (χ2n) is 0.851. The molecular formula is C3H3ClNTe. The van der Waals surface area contributed by atoms with Crippen LogP contribution < -0.4 is 5.32 Å². The topological polar surface area (TPSA) is 12.0 Å². The zero-order chi connectivity index (χ0) is 4.41. The Balaban J connectivity index is 2.68. The molecule has 0 bridgehead atoms. The van der Waals surface area contributed by atoms with Crippen LogP contribution >= 0.6 is 11.6 Å². The molecule has 1 nitrogen and oxygen atoms in total. The van der Waals surface area contributed by atoms with E-state index in [1.807, 2.05) is 10.4 Å². The molecule has 1 rings (SSSR count). The van der Waals surface area contributed by atoms with E-state index in [0.717, 1.165) is 3.08 Å². The maximum absolute atomic E-state index is 5.54. The van der Waals surface area contributed by atoms with Gasteiger partial charge in [0.2, 0.25) is 0 Å². The molecule has 3 heteroatoms. The van der Waals surface area contributed by atoms with Crippen molar-refractivity contribution in [2.24, 2.45) is 0 Å². The summed E-state index contributed by atoms with van der Waals surface area (Å²) in [5.74, 6) is 0. The SMILES string of the molecule is ClC1=CNC=[Te]1. The Morgan fingerprint density at radius 3 is 2.83 bits per heavy atom. The molecule has 0 aromatic rings. The van der Waals surface area contributed by atoms with Crippen molar-refractivity contribution in [1.82, 2.24) is 5.32 Å². The molecule has 1 aliphatic heterocycles. The summed E-state index contributed by atoms with van der Waals surface area (Å²) in [5, 5.41) is 2.91. The van der Waals surface area contributed by atoms with Crippen molar-refractivity contribution in [3.63, 3.8) is 0 Å². The molecule has 0 unspecified atom stereocenters. The van der Waals surface area contributed by atoms with E-state index in [0.29, 0.717) is 0 Å². The zero-order valence-electron chi connectivity index (χ0n) is 2.94. The fourth-order valence-electron chi connectivity index (χ4n) is 0.224. The number of halogens is 1. The fraction of sp³-hybridized carbons (Fsp3) is 0. The van der Waals surface area contributed by atoms with E-state index in [-0.39, 0.29) is 20.5 Å². The Labute approximate surface area is 50.9 Å². The van der Waals surface area contributed by atoms with Gasteiger partial charge < -0.3 is 0 Å². The van der Waals surface area contributed by atoms with Crippen LogP contribution in [0.1, 0.15) is 0 Å². The molecule has 1 aliphatic rings. The van der Waals surface area contributed by atoms with Gasteiger partial charge in [0.1, 0.15) is 0 Å². The van der Waals surface area contributed by atoms with Crippen LogP contribution in [0.3, 0.4) is 0 Å². The molecule has 0 amide bonds. The molecule has 0 fully saturated rings. The summed E-state index contributed by atoms with van der Waals surface area (Å²) < 4.78 is 3.05. The summed E-state index contributed by atoms with van der Waals surface area (Å²) in [6.07, 6.45) is 1.84. The predicted molar refractivity (Wildman–Crippen MR) is 28.9 cm³/mol. The number of hydrogen-bond acceptors (Lipinski definition) is 1. The van der Waals surface area contributed by atoms with Crippen LogP contribution in [-0.2, 0) is 0 Å². The van der Waals surface area contributed by atoms with Gasteiger partial charge in [-0.05, 0) is 0 Å². The second-order valence-corrected chi connectivity index (χ2v) is 4.56. The van der Waals surface area contributed by atoms with Gasteiger partial charge in [-0.25, -0.2) is 0 Å². The van der Waals surface area contributed by atoms with Gasteiger partial charge in [-0.2, -0.15) is 0 Å². The quantitative estimate of drug-likeness (QED) is 0.566. The van der Waals surface area contributed by atoms with Crippen LogP contribution in [0.4, 0.5) is 0 Å². The van der Waals surface area contributed by atoms with E-state index < -0.39 is 0 Å². The summed E-state index contributed by atoms with van der Waals surface area (Å²) in [4.78, 5) is 0. The van der Waals surface area contributed by atoms with Crippen molar-refractivity contribution in [2.45, 2.75) is 0 Å². The molecule has 0 spiro atoms. The molecule has 6 heavy (non-hydrogen) atoms. The number of rotatable bonds is 0. The first kappa shape index (κ1) is 4.64. The van der Waals surface area contributed by atoms with Crippen LogP contribution in [0, 0.1) is 0 Å². The minimum atomic E-state index is -0.0768. The molecule has 0 aliphatic carbocycles. The second kappa shape index (κ2) is 1.97. The third-order valence-corrected chi connectivity index (χ3v) is 2.85. The van der Waals surface area contributed by atoms with Gasteiger partial charge in [0, 0.05) is 0 Å². The summed E-state index contributed by atoms with van der Waals surface area (Å²) >= 11 is 5.46. The van der Waals surface area contributed by atoms with Crippen molar-refractivity contribution in [3.8, 4) is 0 Å². The Bertz CT molecular complexity index is 105. The third-order valence-electron chi connectivity index (χ3n) is 0.436. The van der Waals surface area contributed by atoms with Crippen molar-refractivity contribution in [1.29, 1.82) is 0 Å². The fourth-order valence-corrected chi connectivity index (χ4v) is 1.68. The molecule has 0 aromatic heterocycles. The molecule has 0 aromatic carbocycles. The summed E-state index contributed by atoms with van der Waals surface area (Å²) in [6.45, 7) is 0. The summed E-state index contributed by atoms with van der Waals surface area (Å²) in [6, 6.07) is 0. The predicted octanol–water partition coefficient (Wildman–Crippen LogP) is 0.0912. The van der Waals surface area contributed by atoms with E-state index in [2.05, 4.69) is 5.32 Å². The van der Waals surface area contributed by atoms with E-state index in [1.165, 1.54) is 0 Å².